The van der Waals surface area contributed by atoms with Crippen molar-refractivity contribution < 1.29 is 4.79 Å². The van der Waals surface area contributed by atoms with Crippen molar-refractivity contribution in [3.05, 3.63) is 65.2 Å². The number of carbonyl (C=O) groups excluding carboxylic acids is 1. The van der Waals surface area contributed by atoms with Crippen LogP contribution in [0.5, 0.6) is 0 Å². The molecule has 0 saturated heterocycles. The number of hydrogen-bond donors (Lipinski definition) is 0. The molecule has 0 spiro atoms. The topological polar surface area (TPSA) is 32.7 Å². The summed E-state index contributed by atoms with van der Waals surface area (Å²) in [5.41, 5.74) is 4.02. The molecule has 0 N–H and O–H groups in total. The van der Waals surface area contributed by atoms with Gasteiger partial charge in [-0.3, -0.25) is 9.79 Å². The molecule has 2 aromatic carbocycles. The molecule has 3 nitrogen and oxygen atoms in total. The Balaban J connectivity index is 1.89. The fourth-order valence-corrected chi connectivity index (χ4v) is 3.81. The van der Waals surface area contributed by atoms with Crippen LogP contribution >= 0.6 is 11.8 Å². The second-order valence-corrected chi connectivity index (χ2v) is 7.09. The number of benzene rings is 2. The third-order valence-corrected chi connectivity index (χ3v) is 5.16. The number of anilines is 1. The molecule has 0 bridgehead atoms. The van der Waals surface area contributed by atoms with Gasteiger partial charge in [0.1, 0.15) is 0 Å². The van der Waals surface area contributed by atoms with Crippen molar-refractivity contribution in [1.29, 1.82) is 0 Å². The normalized spacial score (nSPS) is 14.2. The lowest BCUT2D eigenvalue weighted by atomic mass is 10.0. The molecule has 0 fully saturated rings. The van der Waals surface area contributed by atoms with E-state index in [1.165, 1.54) is 5.56 Å². The third-order valence-electron chi connectivity index (χ3n) is 4.06. The van der Waals surface area contributed by atoms with E-state index in [-0.39, 0.29) is 5.78 Å². The van der Waals surface area contributed by atoms with E-state index >= 15 is 0 Å². The summed E-state index contributed by atoms with van der Waals surface area (Å²) in [5.74, 6) is 1.19. The molecular formula is C20H22N2OS. The molecule has 0 atom stereocenters. The van der Waals surface area contributed by atoms with E-state index in [2.05, 4.69) is 11.1 Å². The molecule has 2 aromatic rings. The minimum Gasteiger partial charge on any atom is -0.313 e. The number of ketones is 1. The first kappa shape index (κ1) is 16.8. The predicted molar refractivity (Wildman–Crippen MR) is 103 cm³/mol. The highest BCUT2D eigenvalue weighted by Gasteiger charge is 2.21. The summed E-state index contributed by atoms with van der Waals surface area (Å²) in [4.78, 5) is 19.6. The van der Waals surface area contributed by atoms with Crippen LogP contribution in [0.15, 0.2) is 53.5 Å². The Morgan fingerprint density at radius 2 is 1.96 bits per heavy atom. The van der Waals surface area contributed by atoms with Crippen LogP contribution in [0.2, 0.25) is 0 Å². The highest BCUT2D eigenvalue weighted by molar-refractivity contribution is 8.14. The average molecular weight is 338 g/mol. The van der Waals surface area contributed by atoms with E-state index in [9.17, 15) is 4.79 Å². The quantitative estimate of drug-likeness (QED) is 0.770. The summed E-state index contributed by atoms with van der Waals surface area (Å²) < 4.78 is 0. The van der Waals surface area contributed by atoms with Crippen LogP contribution < -0.4 is 4.90 Å². The van der Waals surface area contributed by atoms with E-state index < -0.39 is 0 Å². The number of rotatable bonds is 4. The van der Waals surface area contributed by atoms with Gasteiger partial charge in [-0.1, -0.05) is 53.7 Å². The molecule has 0 unspecified atom stereocenters. The molecule has 3 rings (SSSR count). The number of nitrogens with zero attached hydrogens (tertiary/aromatic N) is 2. The molecule has 1 aliphatic rings. The van der Waals surface area contributed by atoms with Crippen molar-refractivity contribution in [3.8, 4) is 0 Å². The van der Waals surface area contributed by atoms with Gasteiger partial charge >= 0.3 is 0 Å². The molecule has 24 heavy (non-hydrogen) atoms. The van der Waals surface area contributed by atoms with E-state index in [0.29, 0.717) is 6.54 Å². The van der Waals surface area contributed by atoms with Gasteiger partial charge in [0, 0.05) is 23.5 Å². The molecule has 124 valence electrons. The van der Waals surface area contributed by atoms with Crippen LogP contribution in [0.4, 0.5) is 5.69 Å². The molecule has 0 radical (unpaired) electrons. The highest BCUT2D eigenvalue weighted by atomic mass is 32.2. The van der Waals surface area contributed by atoms with Gasteiger partial charge in [-0.15, -0.1) is 0 Å². The number of amidine groups is 1. The van der Waals surface area contributed by atoms with E-state index in [1.54, 1.807) is 11.8 Å². The van der Waals surface area contributed by atoms with Gasteiger partial charge in [-0.2, -0.15) is 0 Å². The Bertz CT molecular complexity index is 755. The zero-order valence-electron chi connectivity index (χ0n) is 14.2. The standard InChI is InChI=1S/C20H22N2OS/c1-15-9-10-18(16(2)13-15)19(23)14-22(17-7-4-3-5-8-17)20-21-11-6-12-24-20/h3-5,7-10,13H,6,11-12,14H2,1-2H3. The van der Waals surface area contributed by atoms with Gasteiger partial charge in [0.05, 0.1) is 6.54 Å². The van der Waals surface area contributed by atoms with Gasteiger partial charge in [0.25, 0.3) is 0 Å². The second kappa shape index (κ2) is 7.67. The van der Waals surface area contributed by atoms with E-state index in [4.69, 9.17) is 0 Å². The number of thioether (sulfide) groups is 1. The molecule has 0 amide bonds. The highest BCUT2D eigenvalue weighted by Crippen LogP contribution is 2.23. The third kappa shape index (κ3) is 3.88. The number of para-hydroxylation sites is 1. The summed E-state index contributed by atoms with van der Waals surface area (Å²) in [6.07, 6.45) is 1.10. The number of aryl methyl sites for hydroxylation is 2. The van der Waals surface area contributed by atoms with Gasteiger partial charge in [0.2, 0.25) is 0 Å². The Labute approximate surface area is 147 Å². The first-order valence-electron chi connectivity index (χ1n) is 8.25. The predicted octanol–water partition coefficient (Wildman–Crippen LogP) is 4.49. The molecule has 1 aliphatic heterocycles. The summed E-state index contributed by atoms with van der Waals surface area (Å²) in [6.45, 7) is 5.20. The van der Waals surface area contributed by atoms with Gasteiger partial charge in [-0.05, 0) is 38.0 Å². The van der Waals surface area contributed by atoms with Crippen LogP contribution in [0.1, 0.15) is 27.9 Å². The minimum atomic E-state index is 0.130. The summed E-state index contributed by atoms with van der Waals surface area (Å²) in [6, 6.07) is 16.1. The largest absolute Gasteiger partial charge is 0.313 e. The van der Waals surface area contributed by atoms with E-state index in [1.807, 2.05) is 61.2 Å². The molecule has 4 heteroatoms. The SMILES string of the molecule is Cc1ccc(C(=O)CN(C2=NCCCS2)c2ccccc2)c(C)c1. The summed E-state index contributed by atoms with van der Waals surface area (Å²) >= 11 is 1.73. The van der Waals surface area contributed by atoms with Crippen molar-refractivity contribution in [2.45, 2.75) is 20.3 Å². The monoisotopic (exact) mass is 338 g/mol. The van der Waals surface area contributed by atoms with Crippen molar-refractivity contribution in [2.24, 2.45) is 4.99 Å². The molecule has 0 aromatic heterocycles. The molecule has 0 saturated carbocycles. The van der Waals surface area contributed by atoms with Gasteiger partial charge in [0.15, 0.2) is 11.0 Å². The smallest absolute Gasteiger partial charge is 0.182 e. The first-order chi connectivity index (χ1) is 11.6. The maximum Gasteiger partial charge on any atom is 0.182 e. The number of aliphatic imine (C=N–C) groups is 1. The zero-order chi connectivity index (χ0) is 16.9. The lowest BCUT2D eigenvalue weighted by Crippen LogP contribution is -2.35. The zero-order valence-corrected chi connectivity index (χ0v) is 15.0. The molecule has 1 heterocycles. The van der Waals surface area contributed by atoms with Crippen LogP contribution in [-0.4, -0.2) is 29.8 Å². The molecular weight excluding hydrogens is 316 g/mol. The summed E-state index contributed by atoms with van der Waals surface area (Å²) in [5, 5.41) is 0.950. The van der Waals surface area contributed by atoms with Crippen molar-refractivity contribution in [2.75, 3.05) is 23.7 Å². The Hall–Kier alpha value is -2.07. The van der Waals surface area contributed by atoms with Crippen molar-refractivity contribution in [1.82, 2.24) is 0 Å². The number of carbonyl (C=O) groups is 1. The first-order valence-corrected chi connectivity index (χ1v) is 9.24. The molecule has 0 aliphatic carbocycles. The fraction of sp³-hybridized carbons (Fsp3) is 0.300. The number of hydrogen-bond acceptors (Lipinski definition) is 4. The van der Waals surface area contributed by atoms with E-state index in [0.717, 1.165) is 40.7 Å². The lowest BCUT2D eigenvalue weighted by molar-refractivity contribution is 0.100. The summed E-state index contributed by atoms with van der Waals surface area (Å²) in [7, 11) is 0. The van der Waals surface area contributed by atoms with Crippen LogP contribution in [0.3, 0.4) is 0 Å². The maximum absolute atomic E-state index is 12.9. The Kier molecular flexibility index (Phi) is 5.36. The van der Waals surface area contributed by atoms with Crippen molar-refractivity contribution in [3.63, 3.8) is 0 Å². The Morgan fingerprint density at radius 1 is 1.17 bits per heavy atom. The van der Waals surface area contributed by atoms with Crippen LogP contribution in [-0.2, 0) is 0 Å². The van der Waals surface area contributed by atoms with Crippen LogP contribution in [0.25, 0.3) is 0 Å². The van der Waals surface area contributed by atoms with Crippen molar-refractivity contribution >= 4 is 28.4 Å². The Morgan fingerprint density at radius 3 is 2.62 bits per heavy atom. The second-order valence-electron chi connectivity index (χ2n) is 6.03. The van der Waals surface area contributed by atoms with Crippen LogP contribution in [0, 0.1) is 13.8 Å². The average Bonchev–Trinajstić information content (AvgIpc) is 2.61. The maximum atomic E-state index is 12.9. The van der Waals surface area contributed by atoms with Gasteiger partial charge < -0.3 is 4.90 Å². The van der Waals surface area contributed by atoms with Gasteiger partial charge in [-0.25, -0.2) is 0 Å². The fourth-order valence-electron chi connectivity index (χ4n) is 2.84. The minimum absolute atomic E-state index is 0.130. The number of Topliss-reactive ketones (excluding diaryl/α,β-unsaturated/α-hetero) is 1. The lowest BCUT2D eigenvalue weighted by Gasteiger charge is -2.27.